The van der Waals surface area contributed by atoms with Crippen LogP contribution in [0.5, 0.6) is 0 Å². The van der Waals surface area contributed by atoms with Crippen molar-refractivity contribution in [3.05, 3.63) is 83.7 Å². The molecule has 1 N–H and O–H groups in total. The van der Waals surface area contributed by atoms with Gasteiger partial charge in [0.2, 0.25) is 0 Å². The average molecular weight is 413 g/mol. The van der Waals surface area contributed by atoms with E-state index in [4.69, 9.17) is 0 Å². The third-order valence-corrected chi connectivity index (χ3v) is 5.34. The number of carbonyl (C=O) groups excluding carboxylic acids is 1. The minimum atomic E-state index is -0.930. The second-order valence-electron chi connectivity index (χ2n) is 6.23. The molecular formula is C21H14F3N3OS. The number of carbonyl (C=O) groups is 1. The van der Waals surface area contributed by atoms with Crippen LogP contribution in [-0.2, 0) is 7.05 Å². The van der Waals surface area contributed by atoms with Crippen molar-refractivity contribution >= 4 is 22.2 Å². The number of anilines is 1. The summed E-state index contributed by atoms with van der Waals surface area (Å²) in [5.74, 6) is -3.10. The van der Waals surface area contributed by atoms with E-state index in [-0.39, 0.29) is 5.82 Å². The average Bonchev–Trinajstić information content (AvgIpc) is 3.28. The third kappa shape index (κ3) is 3.66. The highest BCUT2D eigenvalue weighted by atomic mass is 32.1. The lowest BCUT2D eigenvalue weighted by atomic mass is 10.1. The molecule has 2 aromatic carbocycles. The zero-order chi connectivity index (χ0) is 20.5. The Morgan fingerprint density at radius 1 is 0.966 bits per heavy atom. The largest absolute Gasteiger partial charge is 0.313 e. The smallest absolute Gasteiger partial charge is 0.262 e. The highest BCUT2D eigenvalue weighted by Crippen LogP contribution is 2.34. The predicted molar refractivity (Wildman–Crippen MR) is 106 cm³/mol. The molecule has 29 heavy (non-hydrogen) atoms. The molecule has 0 bridgehead atoms. The van der Waals surface area contributed by atoms with Crippen LogP contribution in [0.3, 0.4) is 0 Å². The van der Waals surface area contributed by atoms with E-state index in [1.165, 1.54) is 23.5 Å². The van der Waals surface area contributed by atoms with Gasteiger partial charge in [-0.05, 0) is 42.5 Å². The molecule has 0 aliphatic rings. The van der Waals surface area contributed by atoms with Gasteiger partial charge in [0.05, 0.1) is 21.3 Å². The standard InChI is InChI=1S/C21H14F3N3OS/c1-27-17(11-16(26-27)12-5-2-3-6-13(12)22)18-9-10-19(29-18)25-21(28)20-14(23)7-4-8-15(20)24/h2-11H,1H3,(H,25,28). The number of nitrogens with zero attached hydrogens (tertiary/aromatic N) is 2. The molecule has 0 saturated carbocycles. The molecule has 1 amide bonds. The summed E-state index contributed by atoms with van der Waals surface area (Å²) in [5, 5.41) is 7.28. The maximum atomic E-state index is 14.0. The summed E-state index contributed by atoms with van der Waals surface area (Å²) < 4.78 is 43.2. The van der Waals surface area contributed by atoms with E-state index in [1.807, 2.05) is 0 Å². The number of aryl methyl sites for hydroxylation is 1. The Balaban J connectivity index is 1.60. The van der Waals surface area contributed by atoms with E-state index < -0.39 is 23.1 Å². The molecule has 0 fully saturated rings. The molecule has 0 atom stereocenters. The number of nitrogens with one attached hydrogen (secondary N) is 1. The zero-order valence-electron chi connectivity index (χ0n) is 15.1. The van der Waals surface area contributed by atoms with E-state index >= 15 is 0 Å². The van der Waals surface area contributed by atoms with Crippen molar-refractivity contribution < 1.29 is 18.0 Å². The number of halogens is 3. The number of hydrogen-bond donors (Lipinski definition) is 1. The summed E-state index contributed by atoms with van der Waals surface area (Å²) >= 11 is 1.22. The first-order valence-corrected chi connectivity index (χ1v) is 9.40. The van der Waals surface area contributed by atoms with Crippen LogP contribution >= 0.6 is 11.3 Å². The van der Waals surface area contributed by atoms with Crippen molar-refractivity contribution in [3.63, 3.8) is 0 Å². The van der Waals surface area contributed by atoms with Gasteiger partial charge in [-0.3, -0.25) is 9.48 Å². The number of rotatable bonds is 4. The van der Waals surface area contributed by atoms with Crippen LogP contribution in [0.1, 0.15) is 10.4 Å². The molecule has 4 aromatic rings. The first kappa shape index (κ1) is 18.9. The van der Waals surface area contributed by atoms with Gasteiger partial charge in [-0.25, -0.2) is 13.2 Å². The summed E-state index contributed by atoms with van der Waals surface area (Å²) in [7, 11) is 1.73. The molecule has 0 aliphatic carbocycles. The van der Waals surface area contributed by atoms with Gasteiger partial charge in [-0.15, -0.1) is 11.3 Å². The fourth-order valence-corrected chi connectivity index (χ4v) is 3.88. The number of aromatic nitrogens is 2. The molecule has 8 heteroatoms. The van der Waals surface area contributed by atoms with Crippen LogP contribution in [0.4, 0.5) is 18.2 Å². The molecule has 2 heterocycles. The van der Waals surface area contributed by atoms with Crippen LogP contribution in [0.2, 0.25) is 0 Å². The maximum absolute atomic E-state index is 14.0. The number of amides is 1. The number of hydrogen-bond acceptors (Lipinski definition) is 3. The van der Waals surface area contributed by atoms with E-state index in [2.05, 4.69) is 10.4 Å². The van der Waals surface area contributed by atoms with E-state index in [1.54, 1.807) is 48.1 Å². The second kappa shape index (κ2) is 7.56. The van der Waals surface area contributed by atoms with Gasteiger partial charge in [-0.2, -0.15) is 5.10 Å². The van der Waals surface area contributed by atoms with Crippen molar-refractivity contribution in [3.8, 4) is 21.8 Å². The maximum Gasteiger partial charge on any atom is 0.262 e. The minimum absolute atomic E-state index is 0.372. The Bertz CT molecular complexity index is 1200. The lowest BCUT2D eigenvalue weighted by Crippen LogP contribution is -2.14. The fraction of sp³-hybridized carbons (Fsp3) is 0.0476. The molecule has 0 saturated heterocycles. The van der Waals surface area contributed by atoms with Gasteiger partial charge in [0.15, 0.2) is 0 Å². The fourth-order valence-electron chi connectivity index (χ4n) is 2.93. The summed E-state index contributed by atoms with van der Waals surface area (Å²) in [4.78, 5) is 13.0. The first-order chi connectivity index (χ1) is 13.9. The molecule has 146 valence electrons. The Kier molecular flexibility index (Phi) is 4.94. The predicted octanol–water partition coefficient (Wildman–Crippen LogP) is 5.49. The molecule has 4 nitrogen and oxygen atoms in total. The quantitative estimate of drug-likeness (QED) is 0.481. The molecule has 0 radical (unpaired) electrons. The summed E-state index contributed by atoms with van der Waals surface area (Å²) in [6, 6.07) is 14.7. The van der Waals surface area contributed by atoms with Gasteiger partial charge in [0.1, 0.15) is 23.0 Å². The minimum Gasteiger partial charge on any atom is -0.313 e. The number of thiophene rings is 1. The van der Waals surface area contributed by atoms with Gasteiger partial charge in [0, 0.05) is 12.6 Å². The molecule has 0 unspecified atom stereocenters. The monoisotopic (exact) mass is 413 g/mol. The Morgan fingerprint density at radius 2 is 1.66 bits per heavy atom. The van der Waals surface area contributed by atoms with Crippen molar-refractivity contribution in [1.82, 2.24) is 9.78 Å². The van der Waals surface area contributed by atoms with Crippen molar-refractivity contribution in [2.75, 3.05) is 5.32 Å². The topological polar surface area (TPSA) is 46.9 Å². The third-order valence-electron chi connectivity index (χ3n) is 4.31. The molecule has 0 aliphatic heterocycles. The van der Waals surface area contributed by atoms with Gasteiger partial charge in [0.25, 0.3) is 5.91 Å². The number of benzene rings is 2. The van der Waals surface area contributed by atoms with Crippen molar-refractivity contribution in [1.29, 1.82) is 0 Å². The molecule has 4 rings (SSSR count). The Labute approximate surface area is 168 Å². The van der Waals surface area contributed by atoms with E-state index in [9.17, 15) is 18.0 Å². The van der Waals surface area contributed by atoms with Crippen molar-refractivity contribution in [2.45, 2.75) is 0 Å². The van der Waals surface area contributed by atoms with Gasteiger partial charge < -0.3 is 5.32 Å². The molecular weight excluding hydrogens is 399 g/mol. The summed E-state index contributed by atoms with van der Waals surface area (Å²) in [6.07, 6.45) is 0. The van der Waals surface area contributed by atoms with E-state index in [0.29, 0.717) is 22.0 Å². The van der Waals surface area contributed by atoms with Crippen LogP contribution in [0.25, 0.3) is 21.8 Å². The van der Waals surface area contributed by atoms with Crippen LogP contribution in [-0.4, -0.2) is 15.7 Å². The highest BCUT2D eigenvalue weighted by molar-refractivity contribution is 7.19. The van der Waals surface area contributed by atoms with Crippen LogP contribution in [0, 0.1) is 17.5 Å². The zero-order valence-corrected chi connectivity index (χ0v) is 15.9. The molecule has 2 aromatic heterocycles. The highest BCUT2D eigenvalue weighted by Gasteiger charge is 2.19. The van der Waals surface area contributed by atoms with Crippen LogP contribution in [0.15, 0.2) is 60.7 Å². The summed E-state index contributed by atoms with van der Waals surface area (Å²) in [6.45, 7) is 0. The van der Waals surface area contributed by atoms with Gasteiger partial charge in [-0.1, -0.05) is 18.2 Å². The Morgan fingerprint density at radius 3 is 2.38 bits per heavy atom. The lowest BCUT2D eigenvalue weighted by molar-refractivity contribution is 0.101. The van der Waals surface area contributed by atoms with Crippen molar-refractivity contribution in [2.24, 2.45) is 7.05 Å². The molecule has 0 spiro atoms. The van der Waals surface area contributed by atoms with E-state index in [0.717, 1.165) is 17.0 Å². The van der Waals surface area contributed by atoms with Gasteiger partial charge >= 0.3 is 0 Å². The first-order valence-electron chi connectivity index (χ1n) is 8.58. The van der Waals surface area contributed by atoms with Crippen LogP contribution < -0.4 is 5.32 Å². The lowest BCUT2D eigenvalue weighted by Gasteiger charge is -2.04. The SMILES string of the molecule is Cn1nc(-c2ccccc2F)cc1-c1ccc(NC(=O)c2c(F)cccc2F)s1. The normalized spacial score (nSPS) is 10.9. The second-order valence-corrected chi connectivity index (χ2v) is 7.32. The Hall–Kier alpha value is -3.39. The summed E-state index contributed by atoms with van der Waals surface area (Å²) in [5.41, 5.74) is 0.943.